The topological polar surface area (TPSA) is 44.1 Å². The molecule has 6 heteroatoms. The van der Waals surface area contributed by atoms with Crippen molar-refractivity contribution in [1.82, 2.24) is 9.55 Å². The smallest absolute Gasteiger partial charge is 0.309 e. The molecule has 1 heterocycles. The van der Waals surface area contributed by atoms with Crippen LogP contribution < -0.4 is 0 Å². The first kappa shape index (κ1) is 13.4. The van der Waals surface area contributed by atoms with Crippen LogP contribution in [0, 0.1) is 5.92 Å². The molecular formula is C10H15ClN2O2S. The van der Waals surface area contributed by atoms with Crippen molar-refractivity contribution in [1.29, 1.82) is 0 Å². The van der Waals surface area contributed by atoms with E-state index in [-0.39, 0.29) is 11.9 Å². The zero-order valence-electron chi connectivity index (χ0n) is 9.57. The van der Waals surface area contributed by atoms with E-state index in [1.807, 2.05) is 18.5 Å². The number of hydrogen-bond donors (Lipinski definition) is 0. The Bertz CT molecular complexity index is 368. The third-order valence-corrected chi connectivity index (χ3v) is 3.78. The van der Waals surface area contributed by atoms with Gasteiger partial charge in [-0.25, -0.2) is 4.98 Å². The number of ether oxygens (including phenoxy) is 1. The quantitative estimate of drug-likeness (QED) is 0.763. The Morgan fingerprint density at radius 1 is 1.75 bits per heavy atom. The number of esters is 1. The number of nitrogens with zero attached hydrogens (tertiary/aromatic N) is 2. The predicted octanol–water partition coefficient (Wildman–Crippen LogP) is 2.12. The fourth-order valence-corrected chi connectivity index (χ4v) is 2.36. The summed E-state index contributed by atoms with van der Waals surface area (Å²) >= 11 is 7.50. The summed E-state index contributed by atoms with van der Waals surface area (Å²) in [6, 6.07) is 0. The number of imidazole rings is 1. The molecule has 0 amide bonds. The normalized spacial score (nSPS) is 12.5. The van der Waals surface area contributed by atoms with Gasteiger partial charge in [0, 0.05) is 12.8 Å². The van der Waals surface area contributed by atoms with Crippen LogP contribution in [0.4, 0.5) is 0 Å². The van der Waals surface area contributed by atoms with Crippen LogP contribution in [0.1, 0.15) is 12.7 Å². The van der Waals surface area contributed by atoms with Crippen molar-refractivity contribution in [3.05, 3.63) is 17.2 Å². The van der Waals surface area contributed by atoms with Crippen LogP contribution in [0.5, 0.6) is 0 Å². The van der Waals surface area contributed by atoms with Crippen LogP contribution in [-0.2, 0) is 22.3 Å². The Morgan fingerprint density at radius 2 is 2.44 bits per heavy atom. The molecule has 90 valence electrons. The average Bonchev–Trinajstić information content (AvgIpc) is 2.59. The number of rotatable bonds is 5. The molecule has 0 aliphatic rings. The highest BCUT2D eigenvalue weighted by Crippen LogP contribution is 2.17. The molecule has 0 fully saturated rings. The van der Waals surface area contributed by atoms with E-state index in [9.17, 15) is 4.79 Å². The summed E-state index contributed by atoms with van der Waals surface area (Å²) in [6.45, 7) is 1.85. The van der Waals surface area contributed by atoms with E-state index >= 15 is 0 Å². The van der Waals surface area contributed by atoms with Gasteiger partial charge in [0.2, 0.25) is 0 Å². The Kier molecular flexibility index (Phi) is 5.15. The minimum atomic E-state index is -0.176. The number of carbonyl (C=O) groups is 1. The fraction of sp³-hybridized carbons (Fsp3) is 0.600. The largest absolute Gasteiger partial charge is 0.469 e. The molecule has 4 nitrogen and oxygen atoms in total. The highest BCUT2D eigenvalue weighted by molar-refractivity contribution is 7.98. The van der Waals surface area contributed by atoms with Crippen LogP contribution in [0.3, 0.4) is 0 Å². The van der Waals surface area contributed by atoms with Crippen LogP contribution >= 0.6 is 23.4 Å². The van der Waals surface area contributed by atoms with Crippen molar-refractivity contribution in [2.24, 2.45) is 13.0 Å². The maximum absolute atomic E-state index is 11.1. The molecule has 1 unspecified atom stereocenters. The molecule has 0 aliphatic heterocycles. The molecule has 0 radical (unpaired) electrons. The first-order valence-corrected chi connectivity index (χ1v) is 6.41. The first-order chi connectivity index (χ1) is 7.56. The number of thioether (sulfide) groups is 1. The van der Waals surface area contributed by atoms with Gasteiger partial charge >= 0.3 is 5.97 Å². The number of carbonyl (C=O) groups excluding carboxylic acids is 1. The van der Waals surface area contributed by atoms with Gasteiger partial charge in [0.1, 0.15) is 11.0 Å². The van der Waals surface area contributed by atoms with Gasteiger partial charge in [-0.2, -0.15) is 11.8 Å². The van der Waals surface area contributed by atoms with Crippen molar-refractivity contribution in [3.8, 4) is 0 Å². The van der Waals surface area contributed by atoms with Gasteiger partial charge in [-0.1, -0.05) is 18.5 Å². The molecule has 1 aromatic heterocycles. The van der Waals surface area contributed by atoms with Crippen molar-refractivity contribution in [2.75, 3.05) is 12.9 Å². The number of halogens is 1. The Hall–Kier alpha value is -0.680. The molecule has 16 heavy (non-hydrogen) atoms. The van der Waals surface area contributed by atoms with Gasteiger partial charge in [-0.05, 0) is 0 Å². The second-order valence-corrected chi connectivity index (χ2v) is 4.91. The second kappa shape index (κ2) is 6.15. The number of methoxy groups -OCH3 is 1. The lowest BCUT2D eigenvalue weighted by molar-refractivity contribution is -0.143. The van der Waals surface area contributed by atoms with E-state index in [1.54, 1.807) is 18.0 Å². The lowest BCUT2D eigenvalue weighted by Crippen LogP contribution is -2.15. The molecule has 0 aromatic carbocycles. The van der Waals surface area contributed by atoms with Crippen molar-refractivity contribution in [3.63, 3.8) is 0 Å². The van der Waals surface area contributed by atoms with E-state index in [0.29, 0.717) is 5.15 Å². The minimum Gasteiger partial charge on any atom is -0.469 e. The van der Waals surface area contributed by atoms with Crippen molar-refractivity contribution >= 4 is 29.3 Å². The summed E-state index contributed by atoms with van der Waals surface area (Å²) in [5.41, 5.74) is 0. The van der Waals surface area contributed by atoms with E-state index in [1.165, 1.54) is 7.11 Å². The minimum absolute atomic E-state index is 0.0919. The number of aromatic nitrogens is 2. The first-order valence-electron chi connectivity index (χ1n) is 4.88. The fourth-order valence-electron chi connectivity index (χ4n) is 1.15. The van der Waals surface area contributed by atoms with E-state index in [2.05, 4.69) is 9.72 Å². The number of hydrogen-bond acceptors (Lipinski definition) is 4. The molecule has 1 atom stereocenters. The van der Waals surface area contributed by atoms with Crippen LogP contribution in [-0.4, -0.2) is 28.4 Å². The predicted molar refractivity (Wildman–Crippen MR) is 65.6 cm³/mol. The SMILES string of the molecule is COC(=O)C(C)CSCc1ncc(Cl)n1C. The van der Waals surface area contributed by atoms with Crippen LogP contribution in [0.25, 0.3) is 0 Å². The molecule has 0 bridgehead atoms. The van der Waals surface area contributed by atoms with E-state index in [0.717, 1.165) is 17.3 Å². The Balaban J connectivity index is 2.36. The molecule has 0 aliphatic carbocycles. The summed E-state index contributed by atoms with van der Waals surface area (Å²) < 4.78 is 6.48. The average molecular weight is 263 g/mol. The van der Waals surface area contributed by atoms with Gasteiger partial charge in [0.15, 0.2) is 0 Å². The molecule has 1 rings (SSSR count). The zero-order chi connectivity index (χ0) is 12.1. The Labute approximate surface area is 104 Å². The summed E-state index contributed by atoms with van der Waals surface area (Å²) in [7, 11) is 3.27. The van der Waals surface area contributed by atoms with Gasteiger partial charge in [-0.3, -0.25) is 4.79 Å². The van der Waals surface area contributed by atoms with Crippen molar-refractivity contribution in [2.45, 2.75) is 12.7 Å². The lowest BCUT2D eigenvalue weighted by atomic mass is 10.2. The van der Waals surface area contributed by atoms with Gasteiger partial charge < -0.3 is 9.30 Å². The lowest BCUT2D eigenvalue weighted by Gasteiger charge is -2.08. The second-order valence-electron chi connectivity index (χ2n) is 3.50. The van der Waals surface area contributed by atoms with E-state index < -0.39 is 0 Å². The van der Waals surface area contributed by atoms with Gasteiger partial charge in [-0.15, -0.1) is 0 Å². The maximum Gasteiger partial charge on any atom is 0.309 e. The summed E-state index contributed by atoms with van der Waals surface area (Å²) in [5, 5.41) is 0.622. The molecule has 0 saturated carbocycles. The standard InChI is InChI=1S/C10H15ClN2O2S/c1-7(10(14)15-3)5-16-6-9-12-4-8(11)13(9)2/h4,7H,5-6H2,1-3H3. The van der Waals surface area contributed by atoms with Crippen molar-refractivity contribution < 1.29 is 9.53 Å². The van der Waals surface area contributed by atoms with Gasteiger partial charge in [0.05, 0.1) is 25.0 Å². The van der Waals surface area contributed by atoms with E-state index in [4.69, 9.17) is 11.6 Å². The van der Waals surface area contributed by atoms with Crippen LogP contribution in [0.15, 0.2) is 6.20 Å². The molecule has 0 spiro atoms. The highest BCUT2D eigenvalue weighted by atomic mass is 35.5. The highest BCUT2D eigenvalue weighted by Gasteiger charge is 2.13. The third-order valence-electron chi connectivity index (χ3n) is 2.23. The molecule has 0 saturated heterocycles. The zero-order valence-corrected chi connectivity index (χ0v) is 11.1. The maximum atomic E-state index is 11.1. The van der Waals surface area contributed by atoms with Gasteiger partial charge in [0.25, 0.3) is 0 Å². The summed E-state index contributed by atoms with van der Waals surface area (Å²) in [4.78, 5) is 15.3. The summed E-state index contributed by atoms with van der Waals surface area (Å²) in [6.07, 6.45) is 1.63. The molecule has 1 aromatic rings. The molecular weight excluding hydrogens is 248 g/mol. The molecule has 0 N–H and O–H groups in total. The Morgan fingerprint density at radius 3 is 2.94 bits per heavy atom. The third kappa shape index (κ3) is 3.42. The summed E-state index contributed by atoms with van der Waals surface area (Å²) in [5.74, 6) is 2.10. The monoisotopic (exact) mass is 262 g/mol. The van der Waals surface area contributed by atoms with Crippen LogP contribution in [0.2, 0.25) is 5.15 Å².